The molecule has 2 N–H and O–H groups in total. The number of ketones is 1. The van der Waals surface area contributed by atoms with Crippen LogP contribution in [0.5, 0.6) is 5.75 Å². The first-order chi connectivity index (χ1) is 16.8. The second-order valence-electron chi connectivity index (χ2n) is 7.25. The van der Waals surface area contributed by atoms with E-state index in [4.69, 9.17) is 26.6 Å². The van der Waals surface area contributed by atoms with Gasteiger partial charge in [-0.1, -0.05) is 29.3 Å². The van der Waals surface area contributed by atoms with Crippen molar-refractivity contribution in [2.24, 2.45) is 0 Å². The van der Waals surface area contributed by atoms with Crippen molar-refractivity contribution in [1.29, 1.82) is 0 Å². The summed E-state index contributed by atoms with van der Waals surface area (Å²) in [6.45, 7) is 2.03. The number of nitrogen functional groups attached to an aromatic ring is 1. The summed E-state index contributed by atoms with van der Waals surface area (Å²) in [6, 6.07) is 16.4. The van der Waals surface area contributed by atoms with Crippen LogP contribution in [0.25, 0.3) is 4.91 Å². The molecule has 35 heavy (non-hydrogen) atoms. The number of aryl methyl sites for hydroxylation is 1. The number of rotatable bonds is 9. The lowest BCUT2D eigenvalue weighted by Crippen LogP contribution is -2.15. The second kappa shape index (κ2) is 10.5. The van der Waals surface area contributed by atoms with Crippen LogP contribution in [-0.4, -0.2) is 25.6 Å². The monoisotopic (exact) mass is 511 g/mol. The number of aromatic nitrogens is 3. The third-order valence-electron chi connectivity index (χ3n) is 4.73. The maximum Gasteiger partial charge on any atom is 0.433 e. The molecule has 4 rings (SSSR count). The highest BCUT2D eigenvalue weighted by molar-refractivity contribution is 8.08. The van der Waals surface area contributed by atoms with Crippen LogP contribution in [0.15, 0.2) is 76.3 Å². The van der Waals surface area contributed by atoms with E-state index in [1.165, 1.54) is 22.9 Å². The van der Waals surface area contributed by atoms with Crippen molar-refractivity contribution in [2.75, 3.05) is 5.84 Å². The van der Waals surface area contributed by atoms with Gasteiger partial charge in [0.1, 0.15) is 23.0 Å². The normalized spacial score (nSPS) is 11.4. The summed E-state index contributed by atoms with van der Waals surface area (Å²) in [7, 11) is 0. The number of nitrogens with two attached hydrogens (primary N) is 1. The molecule has 10 nitrogen and oxygen atoms in total. The molecule has 0 bridgehead atoms. The Balaban J connectivity index is 1.59. The molecule has 0 radical (unpaired) electrons. The second-order valence-corrected chi connectivity index (χ2v) is 8.69. The number of halogens is 1. The fourth-order valence-corrected chi connectivity index (χ4v) is 3.87. The first kappa shape index (κ1) is 24.0. The summed E-state index contributed by atoms with van der Waals surface area (Å²) < 4.78 is 12.2. The minimum absolute atomic E-state index is 0.0576. The van der Waals surface area contributed by atoms with Crippen LogP contribution < -0.4 is 10.6 Å². The first-order valence-electron chi connectivity index (χ1n) is 10.1. The summed E-state index contributed by atoms with van der Waals surface area (Å²) in [5, 5.41) is 19.9. The average molecular weight is 512 g/mol. The number of hydrogen-bond acceptors (Lipinski definition) is 9. The van der Waals surface area contributed by atoms with Gasteiger partial charge in [-0.05, 0) is 61.2 Å². The highest BCUT2D eigenvalue weighted by atomic mass is 35.5. The van der Waals surface area contributed by atoms with Crippen molar-refractivity contribution >= 4 is 39.9 Å². The number of hydrogen-bond donors (Lipinski definition) is 1. The maximum atomic E-state index is 12.8. The van der Waals surface area contributed by atoms with Gasteiger partial charge in [0.25, 0.3) is 0 Å². The lowest BCUT2D eigenvalue weighted by atomic mass is 10.1. The predicted molar refractivity (Wildman–Crippen MR) is 131 cm³/mol. The molecule has 0 saturated carbocycles. The molecule has 2 aromatic heterocycles. The first-order valence-corrected chi connectivity index (χ1v) is 11.3. The van der Waals surface area contributed by atoms with E-state index < -0.39 is 10.8 Å². The molecule has 0 unspecified atom stereocenters. The Kier molecular flexibility index (Phi) is 7.18. The third-order valence-corrected chi connectivity index (χ3v) is 5.98. The number of nitro groups is 1. The maximum absolute atomic E-state index is 12.8. The van der Waals surface area contributed by atoms with E-state index in [1.54, 1.807) is 24.3 Å². The summed E-state index contributed by atoms with van der Waals surface area (Å²) in [4.78, 5) is 23.5. The van der Waals surface area contributed by atoms with Gasteiger partial charge in [-0.25, -0.2) is 4.68 Å². The number of benzene rings is 2. The van der Waals surface area contributed by atoms with Crippen molar-refractivity contribution in [3.63, 3.8) is 0 Å². The topological polar surface area (TPSA) is 139 Å². The van der Waals surface area contributed by atoms with Gasteiger partial charge in [-0.15, -0.1) is 10.2 Å². The minimum atomic E-state index is -0.668. The summed E-state index contributed by atoms with van der Waals surface area (Å²) in [5.74, 6) is 6.40. The molecule has 12 heteroatoms. The van der Waals surface area contributed by atoms with E-state index in [0.29, 0.717) is 22.2 Å². The highest BCUT2D eigenvalue weighted by Gasteiger charge is 2.20. The van der Waals surface area contributed by atoms with Gasteiger partial charge in [-0.2, -0.15) is 0 Å². The van der Waals surface area contributed by atoms with Gasteiger partial charge >= 0.3 is 5.88 Å². The van der Waals surface area contributed by atoms with Gasteiger partial charge in [-0.3, -0.25) is 14.9 Å². The van der Waals surface area contributed by atoms with Crippen molar-refractivity contribution in [3.05, 3.63) is 105 Å². The van der Waals surface area contributed by atoms with Crippen LogP contribution in [-0.2, 0) is 6.61 Å². The lowest BCUT2D eigenvalue weighted by Gasteiger charge is -2.07. The summed E-state index contributed by atoms with van der Waals surface area (Å²) in [6.07, 6.45) is 1.29. The molecular formula is C23H18ClN5O5S. The van der Waals surface area contributed by atoms with Gasteiger partial charge in [0.05, 0.1) is 11.0 Å². The van der Waals surface area contributed by atoms with Crippen molar-refractivity contribution in [2.45, 2.75) is 18.7 Å². The third kappa shape index (κ3) is 5.89. The van der Waals surface area contributed by atoms with Gasteiger partial charge < -0.3 is 15.0 Å². The fourth-order valence-electron chi connectivity index (χ4n) is 2.88. The Hall–Kier alpha value is -4.09. The molecule has 0 aliphatic heterocycles. The van der Waals surface area contributed by atoms with Crippen LogP contribution in [0.3, 0.4) is 0 Å². The Morgan fingerprint density at radius 1 is 1.17 bits per heavy atom. The number of ether oxygens (including phenoxy) is 1. The molecule has 178 valence electrons. The Bertz CT molecular complexity index is 1400. The predicted octanol–water partition coefficient (Wildman–Crippen LogP) is 5.05. The van der Waals surface area contributed by atoms with E-state index in [2.05, 4.69) is 10.2 Å². The standard InChI is InChI=1S/C23H18ClN5O5S/c1-14-2-8-17(9-3-14)33-13-21-26-27-23(28(21)25)35-20(19-10-11-22(34-19)29(31)32)12-18(30)15-4-6-16(24)7-5-15/h2-12H,13,25H2,1H3/b20-12+. The van der Waals surface area contributed by atoms with Gasteiger partial charge in [0.2, 0.25) is 5.16 Å². The minimum Gasteiger partial charge on any atom is -0.486 e. The Morgan fingerprint density at radius 3 is 2.54 bits per heavy atom. The number of carbonyl (C=O) groups excluding carboxylic acids is 1. The van der Waals surface area contributed by atoms with Crippen LogP contribution in [0.4, 0.5) is 5.88 Å². The zero-order valence-electron chi connectivity index (χ0n) is 18.3. The molecule has 0 atom stereocenters. The molecule has 0 aliphatic rings. The number of nitrogens with zero attached hydrogens (tertiary/aromatic N) is 4. The Labute approximate surface area is 208 Å². The summed E-state index contributed by atoms with van der Waals surface area (Å²) in [5.41, 5.74) is 1.47. The fraction of sp³-hybridized carbons (Fsp3) is 0.0870. The highest BCUT2D eigenvalue weighted by Crippen LogP contribution is 2.36. The molecular weight excluding hydrogens is 494 g/mol. The number of thioether (sulfide) groups is 1. The summed E-state index contributed by atoms with van der Waals surface area (Å²) >= 11 is 6.87. The van der Waals surface area contributed by atoms with Gasteiger partial charge in [0, 0.05) is 16.7 Å². The lowest BCUT2D eigenvalue weighted by molar-refractivity contribution is -0.402. The number of carbonyl (C=O) groups is 1. The van der Waals surface area contributed by atoms with E-state index in [-0.39, 0.29) is 28.2 Å². The van der Waals surface area contributed by atoms with Gasteiger partial charge in [0.15, 0.2) is 11.6 Å². The molecule has 0 saturated heterocycles. The molecule has 0 spiro atoms. The molecule has 2 heterocycles. The molecule has 0 aliphatic carbocycles. The smallest absolute Gasteiger partial charge is 0.433 e. The van der Waals surface area contributed by atoms with Crippen LogP contribution in [0.2, 0.25) is 5.02 Å². The van der Waals surface area contributed by atoms with E-state index in [9.17, 15) is 14.9 Å². The van der Waals surface area contributed by atoms with Crippen molar-refractivity contribution in [3.8, 4) is 5.75 Å². The quantitative estimate of drug-likeness (QED) is 0.0815. The van der Waals surface area contributed by atoms with Crippen molar-refractivity contribution < 1.29 is 18.9 Å². The Morgan fingerprint density at radius 2 is 1.89 bits per heavy atom. The van der Waals surface area contributed by atoms with E-state index in [1.807, 2.05) is 31.2 Å². The largest absolute Gasteiger partial charge is 0.486 e. The van der Waals surface area contributed by atoms with Crippen molar-refractivity contribution in [1.82, 2.24) is 14.9 Å². The molecule has 0 fully saturated rings. The van der Waals surface area contributed by atoms with E-state index in [0.717, 1.165) is 17.3 Å². The zero-order valence-corrected chi connectivity index (χ0v) is 19.8. The molecule has 2 aromatic carbocycles. The number of allylic oxidation sites excluding steroid dienone is 1. The zero-order chi connectivity index (χ0) is 24.9. The van der Waals surface area contributed by atoms with E-state index >= 15 is 0 Å². The molecule has 4 aromatic rings. The molecule has 0 amide bonds. The van der Waals surface area contributed by atoms with Crippen LogP contribution in [0.1, 0.15) is 27.5 Å². The average Bonchev–Trinajstić information content (AvgIpc) is 3.46. The van der Waals surface area contributed by atoms with Crippen LogP contribution in [0, 0.1) is 17.0 Å². The number of furan rings is 1. The van der Waals surface area contributed by atoms with Crippen LogP contribution >= 0.6 is 23.4 Å². The SMILES string of the molecule is Cc1ccc(OCc2nnc(S/C(=C/C(=O)c3ccc(Cl)cc3)c3ccc([N+](=O)[O-])o3)n2N)cc1.